The summed E-state index contributed by atoms with van der Waals surface area (Å²) in [6, 6.07) is 3.00. The van der Waals surface area contributed by atoms with E-state index in [0.717, 1.165) is 5.57 Å². The molecule has 1 aliphatic rings. The molecule has 0 saturated heterocycles. The minimum absolute atomic E-state index is 0.135. The van der Waals surface area contributed by atoms with E-state index >= 15 is 0 Å². The van der Waals surface area contributed by atoms with Gasteiger partial charge in [0.05, 0.1) is 11.1 Å². The topological polar surface area (TPSA) is 87.0 Å². The van der Waals surface area contributed by atoms with E-state index in [-0.39, 0.29) is 22.7 Å². The van der Waals surface area contributed by atoms with Gasteiger partial charge in [0, 0.05) is 0 Å². The van der Waals surface area contributed by atoms with E-state index in [0.29, 0.717) is 18.6 Å². The SMILES string of the molecule is CC(=O)c1ccc2c(c1O)C(O)C(C(C)(O)CCC=C(C)C)O2. The van der Waals surface area contributed by atoms with Gasteiger partial charge in [-0.3, -0.25) is 4.79 Å². The number of aromatic hydroxyl groups is 1. The van der Waals surface area contributed by atoms with Gasteiger partial charge in [-0.05, 0) is 52.7 Å². The van der Waals surface area contributed by atoms with Gasteiger partial charge in [-0.1, -0.05) is 11.6 Å². The molecule has 0 fully saturated rings. The van der Waals surface area contributed by atoms with Crippen LogP contribution in [0.2, 0.25) is 0 Å². The van der Waals surface area contributed by atoms with Crippen LogP contribution in [0.5, 0.6) is 11.5 Å². The largest absolute Gasteiger partial charge is 0.507 e. The number of Topliss-reactive ketones (excluding diaryl/α,β-unsaturated/α-hetero) is 1. The fourth-order valence-corrected chi connectivity index (χ4v) is 2.88. The predicted octanol–water partition coefficient (Wildman–Crippen LogP) is 2.89. The molecule has 0 aromatic heterocycles. The number of phenolic OH excluding ortho intramolecular Hbond substituents is 1. The first-order chi connectivity index (χ1) is 10.6. The Balaban J connectivity index is 2.27. The maximum absolute atomic E-state index is 11.5. The van der Waals surface area contributed by atoms with Crippen LogP contribution in [-0.4, -0.2) is 32.8 Å². The molecule has 0 spiro atoms. The van der Waals surface area contributed by atoms with Crippen molar-refractivity contribution in [3.8, 4) is 11.5 Å². The summed E-state index contributed by atoms with van der Waals surface area (Å²) in [5, 5.41) is 31.4. The Hall–Kier alpha value is -1.85. The molecule has 0 bridgehead atoms. The summed E-state index contributed by atoms with van der Waals surface area (Å²) in [5.74, 6) is -0.270. The van der Waals surface area contributed by atoms with Crippen LogP contribution in [0.15, 0.2) is 23.8 Å². The predicted molar refractivity (Wildman–Crippen MR) is 86.8 cm³/mol. The summed E-state index contributed by atoms with van der Waals surface area (Å²) in [4.78, 5) is 11.5. The molecule has 3 unspecified atom stereocenters. The van der Waals surface area contributed by atoms with Gasteiger partial charge in [0.15, 0.2) is 11.9 Å². The molecule has 1 aromatic rings. The Morgan fingerprint density at radius 1 is 1.35 bits per heavy atom. The van der Waals surface area contributed by atoms with Crippen LogP contribution in [0.4, 0.5) is 0 Å². The molecule has 1 aliphatic heterocycles. The van der Waals surface area contributed by atoms with Gasteiger partial charge in [0.1, 0.15) is 23.2 Å². The summed E-state index contributed by atoms with van der Waals surface area (Å²) < 4.78 is 5.67. The van der Waals surface area contributed by atoms with Gasteiger partial charge < -0.3 is 20.1 Å². The van der Waals surface area contributed by atoms with E-state index < -0.39 is 17.8 Å². The van der Waals surface area contributed by atoms with Crippen molar-refractivity contribution in [3.63, 3.8) is 0 Å². The molecule has 5 heteroatoms. The van der Waals surface area contributed by atoms with Crippen LogP contribution >= 0.6 is 0 Å². The van der Waals surface area contributed by atoms with Crippen molar-refractivity contribution in [1.82, 2.24) is 0 Å². The lowest BCUT2D eigenvalue weighted by Gasteiger charge is -2.31. The van der Waals surface area contributed by atoms with E-state index in [2.05, 4.69) is 0 Å². The number of ketones is 1. The number of aliphatic hydroxyl groups is 2. The molecule has 0 amide bonds. The summed E-state index contributed by atoms with van der Waals surface area (Å²) in [7, 11) is 0. The van der Waals surface area contributed by atoms with Gasteiger partial charge in [-0.25, -0.2) is 0 Å². The highest BCUT2D eigenvalue weighted by molar-refractivity contribution is 5.97. The fourth-order valence-electron chi connectivity index (χ4n) is 2.88. The lowest BCUT2D eigenvalue weighted by molar-refractivity contribution is -0.0914. The molecule has 0 radical (unpaired) electrons. The zero-order chi connectivity index (χ0) is 17.4. The van der Waals surface area contributed by atoms with Crippen LogP contribution in [-0.2, 0) is 0 Å². The summed E-state index contributed by atoms with van der Waals surface area (Å²) >= 11 is 0. The molecular weight excluding hydrogens is 296 g/mol. The number of fused-ring (bicyclic) bond motifs is 1. The molecule has 5 nitrogen and oxygen atoms in total. The van der Waals surface area contributed by atoms with Crippen LogP contribution in [0.1, 0.15) is 62.6 Å². The monoisotopic (exact) mass is 320 g/mol. The zero-order valence-corrected chi connectivity index (χ0v) is 14.0. The van der Waals surface area contributed by atoms with Crippen molar-refractivity contribution in [2.24, 2.45) is 0 Å². The highest BCUT2D eigenvalue weighted by Crippen LogP contribution is 2.47. The second kappa shape index (κ2) is 6.34. The van der Waals surface area contributed by atoms with Crippen molar-refractivity contribution >= 4 is 5.78 Å². The summed E-state index contributed by atoms with van der Waals surface area (Å²) in [6.07, 6.45) is 0.994. The standard InChI is InChI=1S/C18H24O5/c1-10(2)6-5-9-18(4,22)17-16(21)14-13(23-17)8-7-12(11(3)19)15(14)20/h6-8,16-17,20-22H,5,9H2,1-4H3. The molecule has 1 aromatic carbocycles. The number of carbonyl (C=O) groups excluding carboxylic acids is 1. The fraction of sp³-hybridized carbons (Fsp3) is 0.500. The van der Waals surface area contributed by atoms with E-state index in [1.54, 1.807) is 13.0 Å². The Kier molecular flexibility index (Phi) is 4.82. The van der Waals surface area contributed by atoms with Crippen LogP contribution < -0.4 is 4.74 Å². The maximum atomic E-state index is 11.5. The number of carbonyl (C=O) groups is 1. The molecule has 3 atom stereocenters. The number of hydrogen-bond acceptors (Lipinski definition) is 5. The Morgan fingerprint density at radius 2 is 2.00 bits per heavy atom. The number of phenols is 1. The number of rotatable bonds is 5. The number of benzene rings is 1. The number of aliphatic hydroxyl groups excluding tert-OH is 1. The summed E-state index contributed by atoms with van der Waals surface area (Å²) in [5.41, 5.74) is 0.190. The van der Waals surface area contributed by atoms with E-state index in [1.165, 1.54) is 13.0 Å². The van der Waals surface area contributed by atoms with E-state index in [1.807, 2.05) is 19.9 Å². The van der Waals surface area contributed by atoms with Crippen LogP contribution in [0.3, 0.4) is 0 Å². The second-order valence-corrected chi connectivity index (χ2v) is 6.59. The van der Waals surface area contributed by atoms with Crippen molar-refractivity contribution in [3.05, 3.63) is 34.9 Å². The first-order valence-corrected chi connectivity index (χ1v) is 7.72. The molecule has 2 rings (SSSR count). The molecule has 0 saturated carbocycles. The Morgan fingerprint density at radius 3 is 2.57 bits per heavy atom. The molecular formula is C18H24O5. The lowest BCUT2D eigenvalue weighted by atomic mass is 9.87. The highest BCUT2D eigenvalue weighted by atomic mass is 16.5. The highest BCUT2D eigenvalue weighted by Gasteiger charge is 2.46. The smallest absolute Gasteiger partial charge is 0.163 e. The van der Waals surface area contributed by atoms with Crippen LogP contribution in [0.25, 0.3) is 0 Å². The first-order valence-electron chi connectivity index (χ1n) is 7.72. The van der Waals surface area contributed by atoms with Crippen molar-refractivity contribution in [1.29, 1.82) is 0 Å². The van der Waals surface area contributed by atoms with Gasteiger partial charge >= 0.3 is 0 Å². The second-order valence-electron chi connectivity index (χ2n) is 6.59. The minimum atomic E-state index is -1.27. The van der Waals surface area contributed by atoms with Crippen molar-refractivity contribution in [2.45, 2.75) is 58.3 Å². The van der Waals surface area contributed by atoms with Gasteiger partial charge in [0.25, 0.3) is 0 Å². The molecule has 3 N–H and O–H groups in total. The number of hydrogen-bond donors (Lipinski definition) is 3. The Labute approximate surface area is 136 Å². The van der Waals surface area contributed by atoms with E-state index in [9.17, 15) is 20.1 Å². The number of ether oxygens (including phenoxy) is 1. The van der Waals surface area contributed by atoms with Gasteiger partial charge in [-0.2, -0.15) is 0 Å². The maximum Gasteiger partial charge on any atom is 0.163 e. The van der Waals surface area contributed by atoms with Crippen LogP contribution in [0, 0.1) is 0 Å². The van der Waals surface area contributed by atoms with Crippen molar-refractivity contribution in [2.75, 3.05) is 0 Å². The third kappa shape index (κ3) is 3.41. The molecule has 1 heterocycles. The Bertz CT molecular complexity index is 641. The lowest BCUT2D eigenvalue weighted by Crippen LogP contribution is -2.44. The summed E-state index contributed by atoms with van der Waals surface area (Å²) in [6.45, 7) is 6.91. The third-order valence-corrected chi connectivity index (χ3v) is 4.21. The molecule has 23 heavy (non-hydrogen) atoms. The first kappa shape index (κ1) is 17.5. The minimum Gasteiger partial charge on any atom is -0.507 e. The molecule has 0 aliphatic carbocycles. The average Bonchev–Trinajstić information content (AvgIpc) is 2.77. The van der Waals surface area contributed by atoms with Crippen molar-refractivity contribution < 1.29 is 24.9 Å². The third-order valence-electron chi connectivity index (χ3n) is 4.21. The van der Waals surface area contributed by atoms with Gasteiger partial charge in [-0.15, -0.1) is 0 Å². The van der Waals surface area contributed by atoms with Gasteiger partial charge in [0.2, 0.25) is 0 Å². The molecule has 126 valence electrons. The quantitative estimate of drug-likeness (QED) is 0.573. The van der Waals surface area contributed by atoms with E-state index in [4.69, 9.17) is 4.74 Å². The average molecular weight is 320 g/mol. The normalized spacial score (nSPS) is 22.0. The number of allylic oxidation sites excluding steroid dienone is 2. The zero-order valence-electron chi connectivity index (χ0n) is 14.0.